The Balaban J connectivity index is 1.92. The summed E-state index contributed by atoms with van der Waals surface area (Å²) in [4.78, 5) is 4.43. The Bertz CT molecular complexity index is 284. The Morgan fingerprint density at radius 3 is 2.88 bits per heavy atom. The fraction of sp³-hybridized carbons (Fsp3) is 0.750. The van der Waals surface area contributed by atoms with Crippen LogP contribution >= 0.6 is 23.1 Å². The monoisotopic (exact) mass is 258 g/mol. The Morgan fingerprint density at radius 1 is 1.44 bits per heavy atom. The van der Waals surface area contributed by atoms with Crippen molar-refractivity contribution in [2.45, 2.75) is 38.0 Å². The summed E-state index contributed by atoms with van der Waals surface area (Å²) in [5, 5.41) is 5.58. The van der Waals surface area contributed by atoms with Crippen LogP contribution in [0.3, 0.4) is 0 Å². The van der Waals surface area contributed by atoms with Crippen molar-refractivity contribution in [2.75, 3.05) is 18.8 Å². The van der Waals surface area contributed by atoms with Crippen LogP contribution in [0.25, 0.3) is 0 Å². The van der Waals surface area contributed by atoms with Gasteiger partial charge in [-0.2, -0.15) is 0 Å². The zero-order valence-electron chi connectivity index (χ0n) is 10.5. The van der Waals surface area contributed by atoms with Crippen LogP contribution in [0.4, 0.5) is 0 Å². The van der Waals surface area contributed by atoms with Crippen LogP contribution in [0.5, 0.6) is 0 Å². The highest BCUT2D eigenvalue weighted by Gasteiger charge is 1.99. The second-order valence-electron chi connectivity index (χ2n) is 4.41. The van der Waals surface area contributed by atoms with E-state index in [1.807, 2.05) is 11.8 Å². The third kappa shape index (κ3) is 6.51. The van der Waals surface area contributed by atoms with Crippen molar-refractivity contribution in [2.24, 2.45) is 5.92 Å². The van der Waals surface area contributed by atoms with Crippen LogP contribution in [-0.2, 0) is 0 Å². The van der Waals surface area contributed by atoms with Crippen molar-refractivity contribution in [3.05, 3.63) is 11.1 Å². The van der Waals surface area contributed by atoms with E-state index < -0.39 is 0 Å². The fourth-order valence-electron chi connectivity index (χ4n) is 1.30. The lowest BCUT2D eigenvalue weighted by molar-refractivity contribution is 0.541. The summed E-state index contributed by atoms with van der Waals surface area (Å²) >= 11 is 3.64. The molecule has 0 aromatic carbocycles. The first-order valence-corrected chi connectivity index (χ1v) is 7.80. The van der Waals surface area contributed by atoms with Crippen molar-refractivity contribution >= 4 is 23.1 Å². The summed E-state index contributed by atoms with van der Waals surface area (Å²) in [6.45, 7) is 8.83. The lowest BCUT2D eigenvalue weighted by atomic mass is 10.2. The van der Waals surface area contributed by atoms with Gasteiger partial charge in [0, 0.05) is 16.8 Å². The average Bonchev–Trinajstić information content (AvgIpc) is 2.62. The summed E-state index contributed by atoms with van der Waals surface area (Å²) in [6.07, 6.45) is 2.54. The summed E-state index contributed by atoms with van der Waals surface area (Å²) in [5.74, 6) is 1.95. The molecule has 0 amide bonds. The van der Waals surface area contributed by atoms with Gasteiger partial charge in [-0.15, -0.1) is 11.3 Å². The third-order valence-corrected chi connectivity index (χ3v) is 4.35. The van der Waals surface area contributed by atoms with Gasteiger partial charge in [-0.1, -0.05) is 25.6 Å². The van der Waals surface area contributed by atoms with Gasteiger partial charge in [-0.25, -0.2) is 4.98 Å². The van der Waals surface area contributed by atoms with E-state index in [0.717, 1.165) is 24.7 Å². The van der Waals surface area contributed by atoms with E-state index in [4.69, 9.17) is 0 Å². The zero-order chi connectivity index (χ0) is 11.8. The van der Waals surface area contributed by atoms with Crippen molar-refractivity contribution in [3.8, 4) is 0 Å². The first-order chi connectivity index (χ1) is 7.68. The van der Waals surface area contributed by atoms with Crippen molar-refractivity contribution < 1.29 is 0 Å². The third-order valence-electron chi connectivity index (χ3n) is 2.12. The molecule has 0 fully saturated rings. The molecule has 4 heteroatoms. The van der Waals surface area contributed by atoms with Gasteiger partial charge in [0.1, 0.15) is 4.34 Å². The molecule has 1 aromatic heterocycles. The fourth-order valence-corrected chi connectivity index (χ4v) is 3.22. The number of nitrogens with zero attached hydrogens (tertiary/aromatic N) is 1. The van der Waals surface area contributed by atoms with Gasteiger partial charge in [0.05, 0.1) is 0 Å². The molecular formula is C12H22N2S2. The largest absolute Gasteiger partial charge is 0.316 e. The summed E-state index contributed by atoms with van der Waals surface area (Å²) in [7, 11) is 0. The molecule has 2 nitrogen and oxygen atoms in total. The average molecular weight is 258 g/mol. The Morgan fingerprint density at radius 2 is 2.25 bits per heavy atom. The Hall–Kier alpha value is -0.0600. The van der Waals surface area contributed by atoms with Gasteiger partial charge in [0.2, 0.25) is 0 Å². The predicted octanol–water partition coefficient (Wildman–Crippen LogP) is 3.57. The maximum atomic E-state index is 4.43. The van der Waals surface area contributed by atoms with Gasteiger partial charge < -0.3 is 5.32 Å². The van der Waals surface area contributed by atoms with Crippen molar-refractivity contribution in [1.82, 2.24) is 10.3 Å². The van der Waals surface area contributed by atoms with Gasteiger partial charge >= 0.3 is 0 Å². The molecule has 1 rings (SSSR count). The number of aryl methyl sites for hydroxylation is 1. The standard InChI is InChI=1S/C12H22N2S2/c1-10(2)8-13-6-4-5-7-15-12-14-11(3)9-16-12/h9-10,13H,4-8H2,1-3H3. The first kappa shape index (κ1) is 14.0. The maximum absolute atomic E-state index is 4.43. The zero-order valence-corrected chi connectivity index (χ0v) is 12.1. The molecule has 0 aliphatic rings. The summed E-state index contributed by atoms with van der Waals surface area (Å²) in [5.41, 5.74) is 1.14. The molecule has 0 bridgehead atoms. The number of hydrogen-bond acceptors (Lipinski definition) is 4. The molecular weight excluding hydrogens is 236 g/mol. The van der Waals surface area contributed by atoms with E-state index in [1.54, 1.807) is 11.3 Å². The van der Waals surface area contributed by atoms with E-state index in [1.165, 1.54) is 22.9 Å². The van der Waals surface area contributed by atoms with Crippen LogP contribution < -0.4 is 5.32 Å². The van der Waals surface area contributed by atoms with Crippen LogP contribution in [0.1, 0.15) is 32.4 Å². The molecule has 0 saturated carbocycles. The molecule has 1 aromatic rings. The molecule has 0 spiro atoms. The molecule has 1 N–H and O–H groups in total. The van der Waals surface area contributed by atoms with Crippen molar-refractivity contribution in [3.63, 3.8) is 0 Å². The van der Waals surface area contributed by atoms with Gasteiger partial charge in [0.25, 0.3) is 0 Å². The second kappa shape index (κ2) is 8.09. The topological polar surface area (TPSA) is 24.9 Å². The Labute approximate surface area is 107 Å². The van der Waals surface area contributed by atoms with E-state index in [9.17, 15) is 0 Å². The number of thiazole rings is 1. The maximum Gasteiger partial charge on any atom is 0.150 e. The number of thioether (sulfide) groups is 1. The summed E-state index contributed by atoms with van der Waals surface area (Å²) < 4.78 is 1.22. The Kier molecular flexibility index (Phi) is 7.08. The number of unbranched alkanes of at least 4 members (excludes halogenated alkanes) is 1. The SMILES string of the molecule is Cc1csc(SCCCCNCC(C)C)n1. The molecule has 0 atom stereocenters. The molecule has 16 heavy (non-hydrogen) atoms. The molecule has 92 valence electrons. The minimum absolute atomic E-state index is 0.757. The highest BCUT2D eigenvalue weighted by atomic mass is 32.2. The normalized spacial score (nSPS) is 11.2. The summed E-state index contributed by atoms with van der Waals surface area (Å²) in [6, 6.07) is 0. The molecule has 1 heterocycles. The smallest absolute Gasteiger partial charge is 0.150 e. The van der Waals surface area contributed by atoms with Gasteiger partial charge in [0.15, 0.2) is 0 Å². The van der Waals surface area contributed by atoms with Gasteiger partial charge in [-0.05, 0) is 38.8 Å². The minimum atomic E-state index is 0.757. The van der Waals surface area contributed by atoms with Crippen LogP contribution in [0.2, 0.25) is 0 Å². The van der Waals surface area contributed by atoms with Crippen LogP contribution in [0.15, 0.2) is 9.72 Å². The predicted molar refractivity (Wildman–Crippen MR) is 74.5 cm³/mol. The lowest BCUT2D eigenvalue weighted by Gasteiger charge is -2.06. The first-order valence-electron chi connectivity index (χ1n) is 5.94. The van der Waals surface area contributed by atoms with E-state index >= 15 is 0 Å². The minimum Gasteiger partial charge on any atom is -0.316 e. The van der Waals surface area contributed by atoms with Crippen molar-refractivity contribution in [1.29, 1.82) is 0 Å². The molecule has 0 saturated heterocycles. The number of hydrogen-bond donors (Lipinski definition) is 1. The van der Waals surface area contributed by atoms with E-state index in [-0.39, 0.29) is 0 Å². The lowest BCUT2D eigenvalue weighted by Crippen LogP contribution is -2.20. The number of rotatable bonds is 8. The van der Waals surface area contributed by atoms with E-state index in [0.29, 0.717) is 0 Å². The van der Waals surface area contributed by atoms with Crippen LogP contribution in [-0.4, -0.2) is 23.8 Å². The highest BCUT2D eigenvalue weighted by molar-refractivity contribution is 8.00. The molecule has 0 unspecified atom stereocenters. The van der Waals surface area contributed by atoms with E-state index in [2.05, 4.69) is 36.5 Å². The molecule has 0 aliphatic carbocycles. The number of nitrogens with one attached hydrogen (secondary N) is 1. The van der Waals surface area contributed by atoms with Gasteiger partial charge in [-0.3, -0.25) is 0 Å². The second-order valence-corrected chi connectivity index (χ2v) is 6.61. The van der Waals surface area contributed by atoms with Crippen LogP contribution in [0, 0.1) is 12.8 Å². The molecule has 0 aliphatic heterocycles. The highest BCUT2D eigenvalue weighted by Crippen LogP contribution is 2.22. The molecule has 0 radical (unpaired) electrons. The number of aromatic nitrogens is 1. The quantitative estimate of drug-likeness (QED) is 0.570.